The number of amides is 2. The normalized spacial score (nSPS) is 17.0. The molecule has 7 nitrogen and oxygen atoms in total. The van der Waals surface area contributed by atoms with Crippen LogP contribution in [-0.4, -0.2) is 46.6 Å². The van der Waals surface area contributed by atoms with Crippen molar-refractivity contribution in [2.75, 3.05) is 13.7 Å². The van der Waals surface area contributed by atoms with Crippen LogP contribution in [0.5, 0.6) is 0 Å². The summed E-state index contributed by atoms with van der Waals surface area (Å²) in [6.07, 6.45) is 2.94. The lowest BCUT2D eigenvalue weighted by molar-refractivity contribution is -0.135. The standard InChI is InChI=1S/C24H27BrN4O3/c1-14(2)21(28-24(31)32-3)23(30)29-12-6-9-20(29)22-26-13-19(27-22)17-10-11-18(25)16-8-5-4-7-15(16)17/h4-5,7-8,10-11,13-14,20-21H,6,9,12H2,1-3H3,(H,26,27)(H,28,31)/t20-,21-/m0/s1. The van der Waals surface area contributed by atoms with Crippen molar-refractivity contribution in [3.63, 3.8) is 0 Å². The van der Waals surface area contributed by atoms with Gasteiger partial charge in [0.1, 0.15) is 11.9 Å². The highest BCUT2D eigenvalue weighted by Gasteiger charge is 2.37. The molecule has 8 heteroatoms. The third-order valence-electron chi connectivity index (χ3n) is 6.00. The topological polar surface area (TPSA) is 87.3 Å². The van der Waals surface area contributed by atoms with Crippen LogP contribution in [0.1, 0.15) is 38.6 Å². The van der Waals surface area contributed by atoms with E-state index in [1.54, 1.807) is 0 Å². The number of rotatable bonds is 5. The fraction of sp³-hybridized carbons (Fsp3) is 0.375. The van der Waals surface area contributed by atoms with Gasteiger partial charge in [0.2, 0.25) is 5.91 Å². The maximum absolute atomic E-state index is 13.3. The van der Waals surface area contributed by atoms with Crippen LogP contribution in [0.15, 0.2) is 47.1 Å². The third-order valence-corrected chi connectivity index (χ3v) is 6.69. The van der Waals surface area contributed by atoms with Crippen LogP contribution in [-0.2, 0) is 9.53 Å². The van der Waals surface area contributed by atoms with Crippen LogP contribution in [0.2, 0.25) is 0 Å². The predicted octanol–water partition coefficient (Wildman–Crippen LogP) is 5.04. The molecular formula is C24H27BrN4O3. The second-order valence-electron chi connectivity index (χ2n) is 8.37. The molecule has 168 valence electrons. The van der Waals surface area contributed by atoms with Gasteiger partial charge in [-0.15, -0.1) is 0 Å². The lowest BCUT2D eigenvalue weighted by Gasteiger charge is -2.30. The van der Waals surface area contributed by atoms with Gasteiger partial charge in [-0.1, -0.05) is 60.1 Å². The van der Waals surface area contributed by atoms with E-state index in [2.05, 4.69) is 49.4 Å². The van der Waals surface area contributed by atoms with E-state index in [0.717, 1.165) is 45.2 Å². The second kappa shape index (κ2) is 9.32. The Balaban J connectivity index is 1.62. The number of aromatic nitrogens is 2. The minimum absolute atomic E-state index is 0.0656. The molecule has 1 fully saturated rings. The Labute approximate surface area is 195 Å². The first-order chi connectivity index (χ1) is 15.4. The number of benzene rings is 2. The van der Waals surface area contributed by atoms with Gasteiger partial charge in [0.05, 0.1) is 25.0 Å². The number of nitrogens with zero attached hydrogens (tertiary/aromatic N) is 2. The van der Waals surface area contributed by atoms with E-state index < -0.39 is 12.1 Å². The molecule has 0 saturated carbocycles. The highest BCUT2D eigenvalue weighted by molar-refractivity contribution is 9.10. The van der Waals surface area contributed by atoms with E-state index in [0.29, 0.717) is 6.54 Å². The maximum Gasteiger partial charge on any atom is 0.407 e. The number of H-pyrrole nitrogens is 1. The van der Waals surface area contributed by atoms with Gasteiger partial charge in [-0.3, -0.25) is 4.79 Å². The van der Waals surface area contributed by atoms with Crippen LogP contribution in [0.3, 0.4) is 0 Å². The summed E-state index contributed by atoms with van der Waals surface area (Å²) in [7, 11) is 1.30. The molecule has 0 spiro atoms. The van der Waals surface area contributed by atoms with E-state index in [1.807, 2.05) is 43.1 Å². The predicted molar refractivity (Wildman–Crippen MR) is 127 cm³/mol. The van der Waals surface area contributed by atoms with Crippen molar-refractivity contribution in [1.82, 2.24) is 20.2 Å². The quantitative estimate of drug-likeness (QED) is 0.515. The summed E-state index contributed by atoms with van der Waals surface area (Å²) >= 11 is 3.62. The van der Waals surface area contributed by atoms with E-state index in [1.165, 1.54) is 7.11 Å². The number of alkyl carbamates (subject to hydrolysis) is 1. The highest BCUT2D eigenvalue weighted by atomic mass is 79.9. The maximum atomic E-state index is 13.3. The first-order valence-electron chi connectivity index (χ1n) is 10.8. The van der Waals surface area contributed by atoms with Crippen LogP contribution in [0.4, 0.5) is 4.79 Å². The number of likely N-dealkylation sites (tertiary alicyclic amines) is 1. The molecule has 1 aromatic heterocycles. The van der Waals surface area contributed by atoms with Crippen molar-refractivity contribution < 1.29 is 14.3 Å². The Hall–Kier alpha value is -2.87. The van der Waals surface area contributed by atoms with Crippen LogP contribution < -0.4 is 5.32 Å². The summed E-state index contributed by atoms with van der Waals surface area (Å²) in [4.78, 5) is 35.0. The van der Waals surface area contributed by atoms with E-state index in [9.17, 15) is 9.59 Å². The van der Waals surface area contributed by atoms with Gasteiger partial charge in [-0.25, -0.2) is 9.78 Å². The lowest BCUT2D eigenvalue weighted by atomic mass is 10.0. The molecule has 2 atom stereocenters. The van der Waals surface area contributed by atoms with Crippen molar-refractivity contribution in [2.24, 2.45) is 5.92 Å². The number of ether oxygens (including phenoxy) is 1. The molecule has 1 aliphatic heterocycles. The molecule has 0 aliphatic carbocycles. The molecule has 2 heterocycles. The molecule has 1 saturated heterocycles. The summed E-state index contributed by atoms with van der Waals surface area (Å²) < 4.78 is 5.75. The molecule has 2 N–H and O–H groups in total. The number of carbonyl (C=O) groups excluding carboxylic acids is 2. The number of hydrogen-bond acceptors (Lipinski definition) is 4. The number of aromatic amines is 1. The van der Waals surface area contributed by atoms with Crippen molar-refractivity contribution >= 4 is 38.7 Å². The van der Waals surface area contributed by atoms with Gasteiger partial charge in [0.25, 0.3) is 0 Å². The largest absolute Gasteiger partial charge is 0.453 e. The Kier molecular flexibility index (Phi) is 6.50. The number of methoxy groups -OCH3 is 1. The molecule has 3 aromatic rings. The molecule has 0 unspecified atom stereocenters. The highest BCUT2D eigenvalue weighted by Crippen LogP contribution is 2.35. The van der Waals surface area contributed by atoms with Crippen LogP contribution in [0, 0.1) is 5.92 Å². The van der Waals surface area contributed by atoms with Gasteiger partial charge >= 0.3 is 6.09 Å². The Bertz CT molecular complexity index is 1140. The minimum atomic E-state index is -0.645. The van der Waals surface area contributed by atoms with Crippen LogP contribution >= 0.6 is 15.9 Å². The number of carbonyl (C=O) groups is 2. The fourth-order valence-electron chi connectivity index (χ4n) is 4.33. The van der Waals surface area contributed by atoms with Gasteiger partial charge in [-0.05, 0) is 35.6 Å². The average molecular weight is 499 g/mol. The smallest absolute Gasteiger partial charge is 0.407 e. The first-order valence-corrected chi connectivity index (χ1v) is 11.6. The summed E-state index contributed by atoms with van der Waals surface area (Å²) in [5.74, 6) is 0.586. The lowest BCUT2D eigenvalue weighted by Crippen LogP contribution is -2.51. The number of imidazole rings is 1. The number of nitrogens with one attached hydrogen (secondary N) is 2. The first kappa shape index (κ1) is 22.3. The monoisotopic (exact) mass is 498 g/mol. The molecule has 0 bridgehead atoms. The molecular weight excluding hydrogens is 472 g/mol. The minimum Gasteiger partial charge on any atom is -0.453 e. The van der Waals surface area contributed by atoms with E-state index in [-0.39, 0.29) is 17.9 Å². The molecule has 0 radical (unpaired) electrons. The van der Waals surface area contributed by atoms with Crippen LogP contribution in [0.25, 0.3) is 22.0 Å². The van der Waals surface area contributed by atoms with Crippen molar-refractivity contribution in [1.29, 1.82) is 0 Å². The van der Waals surface area contributed by atoms with E-state index in [4.69, 9.17) is 4.74 Å². The second-order valence-corrected chi connectivity index (χ2v) is 9.22. The summed E-state index contributed by atoms with van der Waals surface area (Å²) in [6.45, 7) is 4.45. The molecule has 4 rings (SSSR count). The SMILES string of the molecule is COC(=O)N[C@H](C(=O)N1CCC[C@H]1c1ncc(-c2ccc(Br)c3ccccc23)[nH]1)C(C)C. The molecule has 2 aromatic carbocycles. The summed E-state index contributed by atoms with van der Waals surface area (Å²) in [5, 5.41) is 4.94. The van der Waals surface area contributed by atoms with Crippen molar-refractivity contribution in [3.05, 3.63) is 52.9 Å². The number of halogens is 1. The number of fused-ring (bicyclic) bond motifs is 1. The molecule has 32 heavy (non-hydrogen) atoms. The molecule has 1 aliphatic rings. The Morgan fingerprint density at radius 3 is 2.69 bits per heavy atom. The average Bonchev–Trinajstić information content (AvgIpc) is 3.46. The summed E-state index contributed by atoms with van der Waals surface area (Å²) in [6, 6.07) is 11.5. The zero-order chi connectivity index (χ0) is 22.8. The van der Waals surface area contributed by atoms with Gasteiger partial charge in [0, 0.05) is 16.6 Å². The molecule has 2 amide bonds. The zero-order valence-corrected chi connectivity index (χ0v) is 20.0. The Morgan fingerprint density at radius 2 is 1.97 bits per heavy atom. The number of hydrogen-bond donors (Lipinski definition) is 2. The van der Waals surface area contributed by atoms with Gasteiger partial charge in [-0.2, -0.15) is 0 Å². The summed E-state index contributed by atoms with van der Waals surface area (Å²) in [5.41, 5.74) is 1.97. The van der Waals surface area contributed by atoms with Crippen molar-refractivity contribution in [3.8, 4) is 11.3 Å². The van der Waals surface area contributed by atoms with Crippen molar-refractivity contribution in [2.45, 2.75) is 38.8 Å². The third kappa shape index (κ3) is 4.24. The fourth-order valence-corrected chi connectivity index (χ4v) is 4.81. The Morgan fingerprint density at radius 1 is 1.22 bits per heavy atom. The van der Waals surface area contributed by atoms with Gasteiger partial charge in [0.15, 0.2) is 0 Å². The zero-order valence-electron chi connectivity index (χ0n) is 18.4. The van der Waals surface area contributed by atoms with Gasteiger partial charge < -0.3 is 19.9 Å². The van der Waals surface area contributed by atoms with E-state index >= 15 is 0 Å².